The summed E-state index contributed by atoms with van der Waals surface area (Å²) in [5.74, 6) is 0.579. The third-order valence-corrected chi connectivity index (χ3v) is 4.78. The van der Waals surface area contributed by atoms with Crippen LogP contribution in [0.4, 0.5) is 10.1 Å². The highest BCUT2D eigenvalue weighted by Crippen LogP contribution is 2.22. The minimum absolute atomic E-state index is 0.122. The minimum atomic E-state index is -0.500. The maximum atomic E-state index is 14.0. The Bertz CT molecular complexity index is 1250. The monoisotopic (exact) mass is 420 g/mol. The van der Waals surface area contributed by atoms with Gasteiger partial charge in [-0.25, -0.2) is 14.1 Å². The zero-order valence-corrected chi connectivity index (χ0v) is 17.4. The average molecular weight is 420 g/mol. The molecule has 31 heavy (non-hydrogen) atoms. The van der Waals surface area contributed by atoms with Crippen LogP contribution in [0.1, 0.15) is 40.8 Å². The predicted molar refractivity (Wildman–Crippen MR) is 112 cm³/mol. The van der Waals surface area contributed by atoms with Crippen molar-refractivity contribution in [1.29, 1.82) is 0 Å². The number of carbonyl (C=O) groups is 1. The summed E-state index contributed by atoms with van der Waals surface area (Å²) in [5.41, 5.74) is 2.54. The number of nitrogens with one attached hydrogen (secondary N) is 1. The van der Waals surface area contributed by atoms with Gasteiger partial charge in [0, 0.05) is 18.2 Å². The van der Waals surface area contributed by atoms with Crippen molar-refractivity contribution in [2.45, 2.75) is 33.6 Å². The molecule has 4 aromatic rings. The number of amides is 1. The van der Waals surface area contributed by atoms with Crippen LogP contribution in [-0.4, -0.2) is 30.8 Å². The number of benzene rings is 1. The molecular formula is C22H21FN6O2. The van der Waals surface area contributed by atoms with Crippen LogP contribution in [0.3, 0.4) is 0 Å². The second-order valence-electron chi connectivity index (χ2n) is 7.16. The van der Waals surface area contributed by atoms with Crippen LogP contribution in [0.2, 0.25) is 0 Å². The lowest BCUT2D eigenvalue weighted by Gasteiger charge is -2.08. The maximum absolute atomic E-state index is 14.0. The van der Waals surface area contributed by atoms with Gasteiger partial charge in [-0.05, 0) is 50.1 Å². The standard InChI is InChI=1S/C22H21FN6O2/c1-4-5-19-27-22(31-28-19)15-8-9-24-20(11-15)29-14(3)16(12-25-29)21(30)26-18-10-13(2)6-7-17(18)23/h6-12H,4-5H2,1-3H3,(H,26,30). The van der Waals surface area contributed by atoms with Gasteiger partial charge < -0.3 is 9.84 Å². The second kappa shape index (κ2) is 8.47. The number of carbonyl (C=O) groups excluding carboxylic acids is 1. The summed E-state index contributed by atoms with van der Waals surface area (Å²) in [4.78, 5) is 21.4. The normalized spacial score (nSPS) is 11.0. The molecule has 0 aliphatic heterocycles. The Kier molecular flexibility index (Phi) is 5.57. The number of aryl methyl sites for hydroxylation is 2. The van der Waals surface area contributed by atoms with E-state index in [-0.39, 0.29) is 5.69 Å². The van der Waals surface area contributed by atoms with E-state index < -0.39 is 11.7 Å². The molecule has 0 aliphatic rings. The summed E-state index contributed by atoms with van der Waals surface area (Å²) in [6.07, 6.45) is 4.69. The Morgan fingerprint density at radius 1 is 1.23 bits per heavy atom. The summed E-state index contributed by atoms with van der Waals surface area (Å²) in [5, 5.41) is 10.9. The highest BCUT2D eigenvalue weighted by Gasteiger charge is 2.18. The molecule has 1 aromatic carbocycles. The third kappa shape index (κ3) is 4.20. The molecule has 0 radical (unpaired) electrons. The third-order valence-electron chi connectivity index (χ3n) is 4.78. The number of hydrogen-bond donors (Lipinski definition) is 1. The summed E-state index contributed by atoms with van der Waals surface area (Å²) in [6.45, 7) is 5.61. The molecule has 0 unspecified atom stereocenters. The van der Waals surface area contributed by atoms with Crippen LogP contribution < -0.4 is 5.32 Å². The Morgan fingerprint density at radius 3 is 2.87 bits per heavy atom. The zero-order valence-electron chi connectivity index (χ0n) is 17.4. The van der Waals surface area contributed by atoms with Gasteiger partial charge in [0.1, 0.15) is 5.82 Å². The fourth-order valence-corrected chi connectivity index (χ4v) is 3.15. The van der Waals surface area contributed by atoms with Gasteiger partial charge in [0.05, 0.1) is 23.1 Å². The van der Waals surface area contributed by atoms with Gasteiger partial charge >= 0.3 is 0 Å². The number of nitrogens with zero attached hydrogens (tertiary/aromatic N) is 5. The first-order valence-electron chi connectivity index (χ1n) is 9.87. The SMILES string of the molecule is CCCc1noc(-c2ccnc(-n3ncc(C(=O)Nc4cc(C)ccc4F)c3C)c2)n1. The topological polar surface area (TPSA) is 98.7 Å². The number of pyridine rings is 1. The summed E-state index contributed by atoms with van der Waals surface area (Å²) in [7, 11) is 0. The predicted octanol–water partition coefficient (Wildman–Crippen LogP) is 4.28. The Balaban J connectivity index is 1.60. The molecule has 0 atom stereocenters. The van der Waals surface area contributed by atoms with E-state index in [2.05, 4.69) is 25.5 Å². The molecule has 158 valence electrons. The summed E-state index contributed by atoms with van der Waals surface area (Å²) in [6, 6.07) is 8.06. The molecule has 1 amide bonds. The van der Waals surface area contributed by atoms with E-state index >= 15 is 0 Å². The quantitative estimate of drug-likeness (QED) is 0.500. The Labute approximate surface area is 178 Å². The van der Waals surface area contributed by atoms with E-state index in [9.17, 15) is 9.18 Å². The fourth-order valence-electron chi connectivity index (χ4n) is 3.15. The minimum Gasteiger partial charge on any atom is -0.334 e. The van der Waals surface area contributed by atoms with Crippen molar-refractivity contribution in [2.75, 3.05) is 5.32 Å². The van der Waals surface area contributed by atoms with Crippen molar-refractivity contribution < 1.29 is 13.7 Å². The van der Waals surface area contributed by atoms with Gasteiger partial charge in [0.15, 0.2) is 11.6 Å². The molecule has 1 N–H and O–H groups in total. The first-order chi connectivity index (χ1) is 15.0. The van der Waals surface area contributed by atoms with Gasteiger partial charge in [-0.2, -0.15) is 10.1 Å². The summed E-state index contributed by atoms with van der Waals surface area (Å²) >= 11 is 0. The molecule has 4 rings (SSSR count). The second-order valence-corrected chi connectivity index (χ2v) is 7.16. The highest BCUT2D eigenvalue weighted by molar-refractivity contribution is 6.05. The van der Waals surface area contributed by atoms with Gasteiger partial charge in [-0.15, -0.1) is 0 Å². The van der Waals surface area contributed by atoms with Gasteiger partial charge in [-0.3, -0.25) is 4.79 Å². The number of rotatable bonds is 6. The van der Waals surface area contributed by atoms with Crippen LogP contribution in [-0.2, 0) is 6.42 Å². The molecule has 3 heterocycles. The maximum Gasteiger partial charge on any atom is 0.259 e. The van der Waals surface area contributed by atoms with E-state index in [0.717, 1.165) is 18.4 Å². The first-order valence-corrected chi connectivity index (χ1v) is 9.87. The van der Waals surface area contributed by atoms with E-state index in [4.69, 9.17) is 4.52 Å². The lowest BCUT2D eigenvalue weighted by Crippen LogP contribution is -2.14. The summed E-state index contributed by atoms with van der Waals surface area (Å²) < 4.78 is 20.9. The highest BCUT2D eigenvalue weighted by atomic mass is 19.1. The van der Waals surface area contributed by atoms with E-state index in [1.54, 1.807) is 37.4 Å². The van der Waals surface area contributed by atoms with Crippen molar-refractivity contribution in [3.63, 3.8) is 0 Å². The number of anilines is 1. The van der Waals surface area contributed by atoms with Crippen molar-refractivity contribution in [3.05, 3.63) is 71.2 Å². The number of halogens is 1. The molecule has 3 aromatic heterocycles. The van der Waals surface area contributed by atoms with Crippen LogP contribution >= 0.6 is 0 Å². The lowest BCUT2D eigenvalue weighted by molar-refractivity contribution is 0.102. The van der Waals surface area contributed by atoms with Gasteiger partial charge in [0.2, 0.25) is 0 Å². The van der Waals surface area contributed by atoms with Crippen LogP contribution in [0.25, 0.3) is 17.3 Å². The number of aromatic nitrogens is 5. The van der Waals surface area contributed by atoms with Gasteiger partial charge in [-0.1, -0.05) is 18.1 Å². The smallest absolute Gasteiger partial charge is 0.259 e. The van der Waals surface area contributed by atoms with Crippen molar-refractivity contribution in [2.24, 2.45) is 0 Å². The molecule has 8 nitrogen and oxygen atoms in total. The molecule has 9 heteroatoms. The molecule has 0 fully saturated rings. The zero-order chi connectivity index (χ0) is 22.0. The van der Waals surface area contributed by atoms with Gasteiger partial charge in [0.25, 0.3) is 11.8 Å². The fraction of sp³-hybridized carbons (Fsp3) is 0.227. The van der Waals surface area contributed by atoms with Crippen molar-refractivity contribution >= 4 is 11.6 Å². The van der Waals surface area contributed by atoms with E-state index in [0.29, 0.717) is 34.4 Å². The molecular weight excluding hydrogens is 399 g/mol. The average Bonchev–Trinajstić information content (AvgIpc) is 3.38. The van der Waals surface area contributed by atoms with E-state index in [1.165, 1.54) is 16.9 Å². The molecule has 0 saturated heterocycles. The lowest BCUT2D eigenvalue weighted by atomic mass is 10.2. The van der Waals surface area contributed by atoms with E-state index in [1.807, 2.05) is 13.8 Å². The van der Waals surface area contributed by atoms with Crippen molar-refractivity contribution in [3.8, 4) is 17.3 Å². The van der Waals surface area contributed by atoms with Crippen LogP contribution in [0.5, 0.6) is 0 Å². The first kappa shape index (κ1) is 20.4. The molecule has 0 aliphatic carbocycles. The molecule has 0 saturated carbocycles. The van der Waals surface area contributed by atoms with Crippen LogP contribution in [0, 0.1) is 19.7 Å². The molecule has 0 bridgehead atoms. The van der Waals surface area contributed by atoms with Crippen LogP contribution in [0.15, 0.2) is 47.2 Å². The molecule has 0 spiro atoms. The largest absolute Gasteiger partial charge is 0.334 e. The Morgan fingerprint density at radius 2 is 2.06 bits per heavy atom. The van der Waals surface area contributed by atoms with Crippen molar-refractivity contribution in [1.82, 2.24) is 24.9 Å². The Hall–Kier alpha value is -3.88. The number of hydrogen-bond acceptors (Lipinski definition) is 6.